The van der Waals surface area contributed by atoms with Gasteiger partial charge in [-0.1, -0.05) is 48.5 Å². The molecular formula is C19H25ClN2O2. The van der Waals surface area contributed by atoms with Crippen LogP contribution in [0.1, 0.15) is 18.1 Å². The molecule has 0 heterocycles. The van der Waals surface area contributed by atoms with Gasteiger partial charge in [-0.05, 0) is 24.1 Å². The van der Waals surface area contributed by atoms with Crippen LogP contribution in [0.5, 0.6) is 5.75 Å². The lowest BCUT2D eigenvalue weighted by Crippen LogP contribution is -2.42. The van der Waals surface area contributed by atoms with Crippen molar-refractivity contribution >= 4 is 18.3 Å². The molecule has 5 heteroatoms. The van der Waals surface area contributed by atoms with Crippen molar-refractivity contribution in [2.45, 2.75) is 19.4 Å². The summed E-state index contributed by atoms with van der Waals surface area (Å²) in [5.74, 6) is 0.677. The number of halogens is 1. The number of carbonyl (C=O) groups excluding carboxylic acids is 1. The minimum Gasteiger partial charge on any atom is -0.483 e. The quantitative estimate of drug-likeness (QED) is 0.837. The zero-order valence-corrected chi connectivity index (χ0v) is 15.0. The van der Waals surface area contributed by atoms with E-state index < -0.39 is 0 Å². The number of hydrogen-bond acceptors (Lipinski definition) is 3. The lowest BCUT2D eigenvalue weighted by Gasteiger charge is -2.23. The van der Waals surface area contributed by atoms with Crippen LogP contribution in [0, 0.1) is 0 Å². The van der Waals surface area contributed by atoms with Crippen molar-refractivity contribution in [1.82, 2.24) is 4.90 Å². The van der Waals surface area contributed by atoms with Crippen molar-refractivity contribution in [3.63, 3.8) is 0 Å². The molecule has 0 saturated carbocycles. The molecular weight excluding hydrogens is 324 g/mol. The number of ether oxygens (including phenoxy) is 1. The minimum atomic E-state index is -0.0718. The molecule has 0 saturated heterocycles. The standard InChI is InChI=1S/C19H24N2O2.ClH/c1-15(13-20)21(2)19(22)14-23-18-11-7-6-10-17(18)12-16-8-4-3-5-9-16;/h3-11,15H,12-14,20H2,1-2H3;1H. The van der Waals surface area contributed by atoms with Crippen LogP contribution in [0.25, 0.3) is 0 Å². The van der Waals surface area contributed by atoms with Gasteiger partial charge in [0, 0.05) is 26.1 Å². The summed E-state index contributed by atoms with van der Waals surface area (Å²) < 4.78 is 5.75. The molecule has 0 fully saturated rings. The van der Waals surface area contributed by atoms with Crippen LogP contribution >= 0.6 is 12.4 Å². The van der Waals surface area contributed by atoms with E-state index in [0.29, 0.717) is 6.54 Å². The highest BCUT2D eigenvalue weighted by atomic mass is 35.5. The molecule has 0 aliphatic carbocycles. The van der Waals surface area contributed by atoms with Crippen LogP contribution < -0.4 is 10.5 Å². The van der Waals surface area contributed by atoms with E-state index in [1.54, 1.807) is 11.9 Å². The van der Waals surface area contributed by atoms with Crippen molar-refractivity contribution in [1.29, 1.82) is 0 Å². The maximum Gasteiger partial charge on any atom is 0.260 e. The number of carbonyl (C=O) groups is 1. The molecule has 0 radical (unpaired) electrons. The number of nitrogens with zero attached hydrogens (tertiary/aromatic N) is 1. The Morgan fingerprint density at radius 1 is 1.12 bits per heavy atom. The molecule has 24 heavy (non-hydrogen) atoms. The Morgan fingerprint density at radius 2 is 1.75 bits per heavy atom. The van der Waals surface area contributed by atoms with Crippen LogP contribution in [0.15, 0.2) is 54.6 Å². The van der Waals surface area contributed by atoms with Crippen LogP contribution in [-0.2, 0) is 11.2 Å². The first-order valence-electron chi connectivity index (χ1n) is 7.82. The smallest absolute Gasteiger partial charge is 0.260 e. The van der Waals surface area contributed by atoms with Crippen LogP contribution in [0.4, 0.5) is 0 Å². The number of nitrogens with two attached hydrogens (primary N) is 1. The van der Waals surface area contributed by atoms with E-state index >= 15 is 0 Å². The van der Waals surface area contributed by atoms with E-state index in [4.69, 9.17) is 10.5 Å². The van der Waals surface area contributed by atoms with Gasteiger partial charge in [-0.25, -0.2) is 0 Å². The summed E-state index contributed by atoms with van der Waals surface area (Å²) in [5, 5.41) is 0. The van der Waals surface area contributed by atoms with E-state index in [1.165, 1.54) is 5.56 Å². The first-order valence-corrected chi connectivity index (χ1v) is 7.82. The second kappa shape index (κ2) is 9.96. The highest BCUT2D eigenvalue weighted by Crippen LogP contribution is 2.21. The topological polar surface area (TPSA) is 55.6 Å². The molecule has 2 aromatic carbocycles. The molecule has 0 bridgehead atoms. The number of amides is 1. The van der Waals surface area contributed by atoms with Crippen LogP contribution in [0.2, 0.25) is 0 Å². The van der Waals surface area contributed by atoms with Crippen LogP contribution in [0.3, 0.4) is 0 Å². The van der Waals surface area contributed by atoms with Gasteiger partial charge in [-0.2, -0.15) is 0 Å². The first kappa shape index (κ1) is 20.0. The Labute approximate surface area is 150 Å². The normalized spacial score (nSPS) is 11.3. The van der Waals surface area contributed by atoms with Crippen molar-refractivity contribution in [3.05, 3.63) is 65.7 Å². The molecule has 2 aromatic rings. The first-order chi connectivity index (χ1) is 11.1. The Kier molecular flexibility index (Phi) is 8.30. The number of para-hydroxylation sites is 1. The van der Waals surface area contributed by atoms with Gasteiger partial charge in [0.25, 0.3) is 5.91 Å². The number of hydrogen-bond donors (Lipinski definition) is 1. The maximum atomic E-state index is 12.1. The van der Waals surface area contributed by atoms with Gasteiger partial charge in [0.05, 0.1) is 0 Å². The fourth-order valence-electron chi connectivity index (χ4n) is 2.25. The summed E-state index contributed by atoms with van der Waals surface area (Å²) in [5.41, 5.74) is 7.88. The predicted octanol–water partition coefficient (Wildman–Crippen LogP) is 2.88. The fourth-order valence-corrected chi connectivity index (χ4v) is 2.25. The molecule has 4 nitrogen and oxygen atoms in total. The number of rotatable bonds is 7. The summed E-state index contributed by atoms with van der Waals surface area (Å²) in [6.45, 7) is 2.38. The average Bonchev–Trinajstić information content (AvgIpc) is 2.60. The Morgan fingerprint density at radius 3 is 2.42 bits per heavy atom. The molecule has 0 spiro atoms. The second-order valence-electron chi connectivity index (χ2n) is 5.65. The molecule has 0 aliphatic rings. The maximum absolute atomic E-state index is 12.1. The van der Waals surface area contributed by atoms with Crippen molar-refractivity contribution in [2.24, 2.45) is 5.73 Å². The molecule has 2 N–H and O–H groups in total. The second-order valence-corrected chi connectivity index (χ2v) is 5.65. The summed E-state index contributed by atoms with van der Waals surface area (Å²) in [4.78, 5) is 13.8. The molecule has 0 aliphatic heterocycles. The summed E-state index contributed by atoms with van der Waals surface area (Å²) in [6.07, 6.45) is 0.778. The molecule has 1 atom stereocenters. The number of benzene rings is 2. The highest BCUT2D eigenvalue weighted by Gasteiger charge is 2.15. The third kappa shape index (κ3) is 5.55. The van der Waals surface area contributed by atoms with Gasteiger partial charge < -0.3 is 15.4 Å². The zero-order chi connectivity index (χ0) is 16.7. The van der Waals surface area contributed by atoms with E-state index in [1.807, 2.05) is 49.4 Å². The summed E-state index contributed by atoms with van der Waals surface area (Å²) >= 11 is 0. The minimum absolute atomic E-state index is 0. The highest BCUT2D eigenvalue weighted by molar-refractivity contribution is 5.85. The average molecular weight is 349 g/mol. The van der Waals surface area contributed by atoms with Crippen molar-refractivity contribution in [3.8, 4) is 5.75 Å². The van der Waals surface area contributed by atoms with Gasteiger partial charge in [-0.15, -0.1) is 12.4 Å². The summed E-state index contributed by atoms with van der Waals surface area (Å²) in [7, 11) is 1.75. The third-order valence-electron chi connectivity index (χ3n) is 3.96. The largest absolute Gasteiger partial charge is 0.483 e. The molecule has 130 valence electrons. The number of likely N-dealkylation sites (N-methyl/N-ethyl adjacent to an activating group) is 1. The molecule has 2 rings (SSSR count). The molecule has 1 unspecified atom stereocenters. The predicted molar refractivity (Wildman–Crippen MR) is 99.7 cm³/mol. The van der Waals surface area contributed by atoms with Gasteiger partial charge in [0.15, 0.2) is 6.61 Å². The van der Waals surface area contributed by atoms with E-state index in [0.717, 1.165) is 17.7 Å². The molecule has 1 amide bonds. The SMILES string of the molecule is CC(CN)N(C)C(=O)COc1ccccc1Cc1ccccc1.Cl. The van der Waals surface area contributed by atoms with E-state index in [2.05, 4.69) is 12.1 Å². The zero-order valence-electron chi connectivity index (χ0n) is 14.1. The van der Waals surface area contributed by atoms with Gasteiger partial charge in [0.2, 0.25) is 0 Å². The van der Waals surface area contributed by atoms with Crippen molar-refractivity contribution < 1.29 is 9.53 Å². The van der Waals surface area contributed by atoms with Gasteiger partial charge in [-0.3, -0.25) is 4.79 Å². The van der Waals surface area contributed by atoms with Gasteiger partial charge in [0.1, 0.15) is 5.75 Å². The summed E-state index contributed by atoms with van der Waals surface area (Å²) in [6, 6.07) is 18.0. The van der Waals surface area contributed by atoms with E-state index in [-0.39, 0.29) is 31.0 Å². The van der Waals surface area contributed by atoms with Crippen LogP contribution in [-0.4, -0.2) is 37.0 Å². The van der Waals surface area contributed by atoms with Crippen molar-refractivity contribution in [2.75, 3.05) is 20.2 Å². The fraction of sp³-hybridized carbons (Fsp3) is 0.316. The Bertz CT molecular complexity index is 634. The Hall–Kier alpha value is -2.04. The molecule has 0 aromatic heterocycles. The lowest BCUT2D eigenvalue weighted by molar-refractivity contribution is -0.133. The monoisotopic (exact) mass is 348 g/mol. The third-order valence-corrected chi connectivity index (χ3v) is 3.96. The Balaban J connectivity index is 0.00000288. The van der Waals surface area contributed by atoms with E-state index in [9.17, 15) is 4.79 Å². The van der Waals surface area contributed by atoms with Gasteiger partial charge >= 0.3 is 0 Å². The lowest BCUT2D eigenvalue weighted by atomic mass is 10.0.